The van der Waals surface area contributed by atoms with Gasteiger partial charge in [0.05, 0.1) is 6.20 Å². The Hall–Kier alpha value is -3.45. The molecular formula is C24H26F3N5O4S. The molecule has 1 aromatic carbocycles. The van der Waals surface area contributed by atoms with Gasteiger partial charge in [0.2, 0.25) is 5.88 Å². The van der Waals surface area contributed by atoms with Crippen LogP contribution in [-0.2, 0) is 10.0 Å². The minimum absolute atomic E-state index is 0.0254. The molecule has 2 aromatic heterocycles. The SMILES string of the molecule is CN(C)[C@H]1C[C@@H](c2cccc(OC(F)(F)F)c2)CC[C@@H]1Oc1ccc(S(=O)(=O)Nc2ccncn2)cn1. The van der Waals surface area contributed by atoms with Crippen LogP contribution < -0.4 is 14.2 Å². The van der Waals surface area contributed by atoms with Gasteiger partial charge in [0.25, 0.3) is 10.0 Å². The molecule has 1 aliphatic carbocycles. The third-order valence-electron chi connectivity index (χ3n) is 6.09. The first-order valence-electron chi connectivity index (χ1n) is 11.4. The van der Waals surface area contributed by atoms with Crippen molar-refractivity contribution in [3.8, 4) is 11.6 Å². The molecule has 37 heavy (non-hydrogen) atoms. The highest BCUT2D eigenvalue weighted by atomic mass is 32.2. The maximum absolute atomic E-state index is 12.6. The predicted molar refractivity (Wildman–Crippen MR) is 129 cm³/mol. The molecule has 0 amide bonds. The van der Waals surface area contributed by atoms with Crippen LogP contribution in [0.5, 0.6) is 11.6 Å². The van der Waals surface area contributed by atoms with E-state index >= 15 is 0 Å². The zero-order chi connectivity index (χ0) is 26.6. The Kier molecular flexibility index (Phi) is 7.83. The van der Waals surface area contributed by atoms with E-state index in [1.165, 1.54) is 49.1 Å². The van der Waals surface area contributed by atoms with E-state index in [1.807, 2.05) is 19.0 Å². The lowest BCUT2D eigenvalue weighted by atomic mass is 9.79. The molecule has 9 nitrogen and oxygen atoms in total. The van der Waals surface area contributed by atoms with Crippen LogP contribution in [0.2, 0.25) is 0 Å². The molecule has 2 heterocycles. The number of halogens is 3. The van der Waals surface area contributed by atoms with Crippen molar-refractivity contribution >= 4 is 15.8 Å². The molecular weight excluding hydrogens is 511 g/mol. The lowest BCUT2D eigenvalue weighted by Crippen LogP contribution is -2.46. The summed E-state index contributed by atoms with van der Waals surface area (Å²) in [5.74, 6) is 0.198. The molecule has 0 unspecified atom stereocenters. The van der Waals surface area contributed by atoms with Gasteiger partial charge < -0.3 is 14.4 Å². The van der Waals surface area contributed by atoms with Gasteiger partial charge in [-0.05, 0) is 69.1 Å². The maximum Gasteiger partial charge on any atom is 0.573 e. The van der Waals surface area contributed by atoms with Crippen LogP contribution in [0, 0.1) is 0 Å². The number of nitrogens with one attached hydrogen (secondary N) is 1. The monoisotopic (exact) mass is 537 g/mol. The summed E-state index contributed by atoms with van der Waals surface area (Å²) >= 11 is 0. The van der Waals surface area contributed by atoms with Crippen LogP contribution in [-0.4, -0.2) is 60.9 Å². The Morgan fingerprint density at radius 1 is 1.08 bits per heavy atom. The van der Waals surface area contributed by atoms with Gasteiger partial charge in [-0.3, -0.25) is 4.72 Å². The van der Waals surface area contributed by atoms with E-state index in [4.69, 9.17) is 4.74 Å². The number of sulfonamides is 1. The molecule has 1 fully saturated rings. The van der Waals surface area contributed by atoms with Gasteiger partial charge >= 0.3 is 6.36 Å². The zero-order valence-electron chi connectivity index (χ0n) is 20.1. The molecule has 0 bridgehead atoms. The summed E-state index contributed by atoms with van der Waals surface area (Å²) in [6.07, 6.45) is 0.858. The van der Waals surface area contributed by atoms with Crippen LogP contribution in [0.1, 0.15) is 30.7 Å². The first-order chi connectivity index (χ1) is 17.5. The summed E-state index contributed by atoms with van der Waals surface area (Å²) in [5, 5.41) is 0. The Morgan fingerprint density at radius 2 is 1.89 bits per heavy atom. The molecule has 1 N–H and O–H groups in total. The molecule has 0 radical (unpaired) electrons. The number of rotatable bonds is 8. The minimum Gasteiger partial charge on any atom is -0.473 e. The molecule has 0 aliphatic heterocycles. The van der Waals surface area contributed by atoms with Crippen LogP contribution in [0.15, 0.2) is 66.1 Å². The first-order valence-corrected chi connectivity index (χ1v) is 12.9. The summed E-state index contributed by atoms with van der Waals surface area (Å²) in [6.45, 7) is 0. The lowest BCUT2D eigenvalue weighted by Gasteiger charge is -2.39. The summed E-state index contributed by atoms with van der Waals surface area (Å²) < 4.78 is 75.6. The van der Waals surface area contributed by atoms with Gasteiger partial charge in [0.1, 0.15) is 28.9 Å². The number of alkyl halides is 3. The second-order valence-electron chi connectivity index (χ2n) is 8.85. The van der Waals surface area contributed by atoms with Crippen molar-refractivity contribution in [2.45, 2.75) is 48.6 Å². The fraction of sp³-hybridized carbons (Fsp3) is 0.375. The van der Waals surface area contributed by atoms with E-state index in [2.05, 4.69) is 24.4 Å². The number of likely N-dealkylation sites (N-methyl/N-ethyl adjacent to an activating group) is 1. The molecule has 3 aromatic rings. The van der Waals surface area contributed by atoms with Crippen molar-refractivity contribution in [2.75, 3.05) is 18.8 Å². The van der Waals surface area contributed by atoms with Gasteiger partial charge in [0, 0.05) is 18.3 Å². The average molecular weight is 538 g/mol. The second-order valence-corrected chi connectivity index (χ2v) is 10.5. The number of hydrogen-bond donors (Lipinski definition) is 1. The van der Waals surface area contributed by atoms with Crippen molar-refractivity contribution in [3.05, 3.63) is 66.7 Å². The number of benzene rings is 1. The number of aromatic nitrogens is 3. The highest BCUT2D eigenvalue weighted by Gasteiger charge is 2.35. The van der Waals surface area contributed by atoms with Crippen LogP contribution in [0.4, 0.5) is 19.0 Å². The van der Waals surface area contributed by atoms with Crippen molar-refractivity contribution in [2.24, 2.45) is 0 Å². The van der Waals surface area contributed by atoms with E-state index in [1.54, 1.807) is 12.1 Å². The largest absolute Gasteiger partial charge is 0.573 e. The quantitative estimate of drug-likeness (QED) is 0.455. The van der Waals surface area contributed by atoms with E-state index in [0.29, 0.717) is 19.3 Å². The maximum atomic E-state index is 12.6. The van der Waals surface area contributed by atoms with Crippen molar-refractivity contribution in [1.82, 2.24) is 19.9 Å². The van der Waals surface area contributed by atoms with Crippen LogP contribution in [0.25, 0.3) is 0 Å². The molecule has 13 heteroatoms. The smallest absolute Gasteiger partial charge is 0.473 e. The topological polar surface area (TPSA) is 107 Å². The summed E-state index contributed by atoms with van der Waals surface area (Å²) in [5.41, 5.74) is 0.774. The van der Waals surface area contributed by atoms with E-state index < -0.39 is 16.4 Å². The molecule has 0 spiro atoms. The van der Waals surface area contributed by atoms with Crippen molar-refractivity contribution in [3.63, 3.8) is 0 Å². The second kappa shape index (κ2) is 10.9. The number of anilines is 1. The molecule has 0 saturated heterocycles. The van der Waals surface area contributed by atoms with Crippen molar-refractivity contribution in [1.29, 1.82) is 0 Å². The van der Waals surface area contributed by atoms with E-state index in [-0.39, 0.29) is 40.4 Å². The van der Waals surface area contributed by atoms with E-state index in [9.17, 15) is 21.6 Å². The Morgan fingerprint density at radius 3 is 2.54 bits per heavy atom. The van der Waals surface area contributed by atoms with Gasteiger partial charge in [0.15, 0.2) is 0 Å². The summed E-state index contributed by atoms with van der Waals surface area (Å²) in [7, 11) is -0.0651. The van der Waals surface area contributed by atoms with Crippen LogP contribution >= 0.6 is 0 Å². The third kappa shape index (κ3) is 7.07. The van der Waals surface area contributed by atoms with Gasteiger partial charge in [-0.2, -0.15) is 0 Å². The highest BCUT2D eigenvalue weighted by Crippen LogP contribution is 2.38. The molecule has 3 atom stereocenters. The molecule has 198 valence electrons. The summed E-state index contributed by atoms with van der Waals surface area (Å²) in [4.78, 5) is 13.7. The number of ether oxygens (including phenoxy) is 2. The predicted octanol–water partition coefficient (Wildman–Crippen LogP) is 4.22. The normalized spacial score (nSPS) is 20.4. The molecule has 1 saturated carbocycles. The Balaban J connectivity index is 1.42. The van der Waals surface area contributed by atoms with Gasteiger partial charge in [-0.1, -0.05) is 12.1 Å². The Labute approximate surface area is 212 Å². The minimum atomic E-state index is -4.75. The molecule has 4 rings (SSSR count). The number of nitrogens with zero attached hydrogens (tertiary/aromatic N) is 4. The van der Waals surface area contributed by atoms with Gasteiger partial charge in [-0.15, -0.1) is 13.2 Å². The number of pyridine rings is 1. The fourth-order valence-corrected chi connectivity index (χ4v) is 5.32. The van der Waals surface area contributed by atoms with Crippen molar-refractivity contribution < 1.29 is 31.1 Å². The standard InChI is InChI=1S/C24H26F3N5O4S/c1-32(2)20-13-17(16-4-3-5-18(12-16)36-24(25,26)27)6-8-21(20)35-23-9-7-19(14-29-23)37(33,34)31-22-10-11-28-15-30-22/h3-5,7,9-12,14-15,17,20-21H,6,8,13H2,1-2H3,(H,28,30,31)/t17-,20-,21-/m0/s1. The lowest BCUT2D eigenvalue weighted by molar-refractivity contribution is -0.274. The first kappa shape index (κ1) is 26.6. The molecule has 1 aliphatic rings. The zero-order valence-corrected chi connectivity index (χ0v) is 20.9. The van der Waals surface area contributed by atoms with Gasteiger partial charge in [-0.25, -0.2) is 23.4 Å². The third-order valence-corrected chi connectivity index (χ3v) is 7.43. The van der Waals surface area contributed by atoms with Crippen LogP contribution in [0.3, 0.4) is 0 Å². The average Bonchev–Trinajstić information content (AvgIpc) is 2.84. The number of hydrogen-bond acceptors (Lipinski definition) is 8. The Bertz CT molecular complexity index is 1290. The highest BCUT2D eigenvalue weighted by molar-refractivity contribution is 7.92. The summed E-state index contributed by atoms with van der Waals surface area (Å²) in [6, 6.07) is 10.4. The fourth-order valence-electron chi connectivity index (χ4n) is 4.37. The van der Waals surface area contributed by atoms with E-state index in [0.717, 1.165) is 5.56 Å².